The summed E-state index contributed by atoms with van der Waals surface area (Å²) >= 11 is 5.86. The van der Waals surface area contributed by atoms with Crippen LogP contribution >= 0.6 is 11.6 Å². The minimum Gasteiger partial charge on any atom is -0.472 e. The molecule has 33 heavy (non-hydrogen) atoms. The molecule has 5 nitrogen and oxygen atoms in total. The van der Waals surface area contributed by atoms with Gasteiger partial charge in [0.1, 0.15) is 12.3 Å². The van der Waals surface area contributed by atoms with E-state index in [4.69, 9.17) is 21.1 Å². The van der Waals surface area contributed by atoms with Crippen LogP contribution in [-0.2, 0) is 16.1 Å². The molecule has 0 N–H and O–H groups in total. The van der Waals surface area contributed by atoms with Gasteiger partial charge in [0.25, 0.3) is 0 Å². The van der Waals surface area contributed by atoms with E-state index in [0.29, 0.717) is 25.7 Å². The molecule has 1 aliphatic rings. The number of nitrogens with zero attached hydrogens (tertiary/aromatic N) is 3. The van der Waals surface area contributed by atoms with Crippen LogP contribution in [-0.4, -0.2) is 18.2 Å². The average Bonchev–Trinajstić information content (AvgIpc) is 2.80. The number of ether oxygens (including phenoxy) is 2. The molecular weight excluding hydrogens is 441 g/mol. The summed E-state index contributed by atoms with van der Waals surface area (Å²) in [6.45, 7) is 5.07. The van der Waals surface area contributed by atoms with Gasteiger partial charge in [-0.2, -0.15) is 0 Å². The molecule has 0 atom stereocenters. The molecule has 4 rings (SSSR count). The van der Waals surface area contributed by atoms with Crippen LogP contribution in [0.1, 0.15) is 22.5 Å². The molecule has 0 radical (unpaired) electrons. The van der Waals surface area contributed by atoms with E-state index >= 15 is 0 Å². The Morgan fingerprint density at radius 1 is 1.00 bits per heavy atom. The Morgan fingerprint density at radius 2 is 1.76 bits per heavy atom. The Balaban J connectivity index is 1.63. The van der Waals surface area contributed by atoms with Crippen LogP contribution in [0.4, 0.5) is 10.1 Å². The van der Waals surface area contributed by atoms with Gasteiger partial charge in [-0.3, -0.25) is 4.98 Å². The second kappa shape index (κ2) is 10.5. The predicted octanol–water partition coefficient (Wildman–Crippen LogP) is 7.12. The second-order valence-electron chi connectivity index (χ2n) is 7.70. The lowest BCUT2D eigenvalue weighted by atomic mass is 10.0. The molecule has 2 heterocycles. The van der Waals surface area contributed by atoms with Crippen LogP contribution in [0.25, 0.3) is 5.57 Å². The molecule has 7 heteroatoms. The van der Waals surface area contributed by atoms with E-state index in [1.807, 2.05) is 62.4 Å². The Bertz CT molecular complexity index is 1220. The van der Waals surface area contributed by atoms with Gasteiger partial charge < -0.3 is 9.47 Å². The molecule has 0 saturated heterocycles. The van der Waals surface area contributed by atoms with Crippen molar-refractivity contribution in [3.05, 3.63) is 112 Å². The highest BCUT2D eigenvalue weighted by Crippen LogP contribution is 2.31. The summed E-state index contributed by atoms with van der Waals surface area (Å²) in [5.41, 5.74) is 5.47. The maximum absolute atomic E-state index is 14.2. The summed E-state index contributed by atoms with van der Waals surface area (Å²) in [5, 5.41) is 8.25. The zero-order valence-electron chi connectivity index (χ0n) is 18.4. The smallest absolute Gasteiger partial charge is 0.241 e. The topological polar surface area (TPSA) is 56.1 Å². The highest BCUT2D eigenvalue weighted by Gasteiger charge is 2.18. The Morgan fingerprint density at radius 3 is 2.52 bits per heavy atom. The minimum atomic E-state index is -0.623. The molecule has 1 aliphatic heterocycles. The van der Waals surface area contributed by atoms with E-state index in [2.05, 4.69) is 15.2 Å². The fourth-order valence-electron chi connectivity index (χ4n) is 3.45. The number of pyridine rings is 1. The number of allylic oxidation sites excluding steroid dienone is 2. The van der Waals surface area contributed by atoms with Crippen molar-refractivity contribution in [1.29, 1.82) is 0 Å². The van der Waals surface area contributed by atoms with Gasteiger partial charge in [-0.15, -0.1) is 10.2 Å². The first-order chi connectivity index (χ1) is 16.0. The molecule has 0 bridgehead atoms. The van der Waals surface area contributed by atoms with Crippen molar-refractivity contribution in [2.75, 3.05) is 13.2 Å². The van der Waals surface area contributed by atoms with Crippen molar-refractivity contribution in [2.24, 2.45) is 10.2 Å². The van der Waals surface area contributed by atoms with Crippen molar-refractivity contribution in [3.63, 3.8) is 0 Å². The van der Waals surface area contributed by atoms with Gasteiger partial charge in [0.2, 0.25) is 5.88 Å². The first-order valence-electron chi connectivity index (χ1n) is 10.5. The Kier molecular flexibility index (Phi) is 7.27. The summed E-state index contributed by atoms with van der Waals surface area (Å²) in [5.74, 6) is -0.326. The summed E-state index contributed by atoms with van der Waals surface area (Å²) < 4.78 is 26.1. The van der Waals surface area contributed by atoms with Gasteiger partial charge >= 0.3 is 0 Å². The zero-order chi connectivity index (χ0) is 23.2. The number of benzene rings is 2. The van der Waals surface area contributed by atoms with Crippen LogP contribution < -0.4 is 0 Å². The molecule has 3 aromatic rings. The van der Waals surface area contributed by atoms with Gasteiger partial charge in [-0.1, -0.05) is 48.0 Å². The fraction of sp³-hybridized carbons (Fsp3) is 0.192. The number of azo groups is 1. The Hall–Kier alpha value is -3.35. The van der Waals surface area contributed by atoms with E-state index in [9.17, 15) is 4.39 Å². The lowest BCUT2D eigenvalue weighted by Crippen LogP contribution is -2.11. The third kappa shape index (κ3) is 5.92. The van der Waals surface area contributed by atoms with Gasteiger partial charge in [0.15, 0.2) is 5.82 Å². The van der Waals surface area contributed by atoms with Crippen molar-refractivity contribution < 1.29 is 13.9 Å². The van der Waals surface area contributed by atoms with E-state index in [1.54, 1.807) is 6.07 Å². The number of rotatable bonds is 7. The normalized spacial score (nSPS) is 13.9. The van der Waals surface area contributed by atoms with Crippen LogP contribution in [0.2, 0.25) is 5.02 Å². The van der Waals surface area contributed by atoms with Crippen LogP contribution in [0.5, 0.6) is 0 Å². The maximum Gasteiger partial charge on any atom is 0.241 e. The largest absolute Gasteiger partial charge is 0.472 e. The molecule has 0 spiro atoms. The van der Waals surface area contributed by atoms with E-state index in [1.165, 1.54) is 12.1 Å². The first kappa shape index (κ1) is 22.8. The summed E-state index contributed by atoms with van der Waals surface area (Å²) in [6, 6.07) is 18.5. The fourth-order valence-corrected chi connectivity index (χ4v) is 3.62. The maximum atomic E-state index is 14.2. The number of halogens is 2. The van der Waals surface area contributed by atoms with Crippen molar-refractivity contribution in [3.8, 4) is 0 Å². The van der Waals surface area contributed by atoms with Gasteiger partial charge in [0.05, 0.1) is 18.2 Å². The van der Waals surface area contributed by atoms with Crippen molar-refractivity contribution >= 4 is 22.9 Å². The monoisotopic (exact) mass is 463 g/mol. The summed E-state index contributed by atoms with van der Waals surface area (Å²) in [7, 11) is 0. The molecule has 0 aliphatic carbocycles. The Labute approximate surface area is 197 Å². The first-order valence-corrected chi connectivity index (χ1v) is 10.9. The standard InChI is InChI=1S/C26H23ClFN3O2/c1-17-11-21(12-18(2)29-17)22-13-20(15-32-14-19-7-4-3-5-8-19)16-33-26(22)31-30-24-10-6-9-23(27)25(24)28/h3-13H,14-16H2,1-2H3. The minimum absolute atomic E-state index is 0.0108. The van der Waals surface area contributed by atoms with Crippen LogP contribution in [0.15, 0.2) is 88.4 Å². The van der Waals surface area contributed by atoms with E-state index < -0.39 is 5.82 Å². The van der Waals surface area contributed by atoms with Gasteiger partial charge in [-0.25, -0.2) is 4.39 Å². The van der Waals surface area contributed by atoms with Gasteiger partial charge in [0, 0.05) is 17.0 Å². The third-order valence-corrected chi connectivity index (χ3v) is 5.24. The molecule has 0 fully saturated rings. The molecule has 0 saturated carbocycles. The third-order valence-electron chi connectivity index (χ3n) is 4.94. The highest BCUT2D eigenvalue weighted by molar-refractivity contribution is 6.31. The van der Waals surface area contributed by atoms with E-state index in [0.717, 1.165) is 33.7 Å². The van der Waals surface area contributed by atoms with Gasteiger partial charge in [-0.05, 0) is 60.9 Å². The quantitative estimate of drug-likeness (QED) is 0.350. The molecule has 0 unspecified atom stereocenters. The zero-order valence-corrected chi connectivity index (χ0v) is 19.1. The highest BCUT2D eigenvalue weighted by atomic mass is 35.5. The van der Waals surface area contributed by atoms with E-state index in [-0.39, 0.29) is 10.7 Å². The van der Waals surface area contributed by atoms with Crippen LogP contribution in [0, 0.1) is 19.7 Å². The second-order valence-corrected chi connectivity index (χ2v) is 8.11. The van der Waals surface area contributed by atoms with Crippen LogP contribution in [0.3, 0.4) is 0 Å². The molecule has 168 valence electrons. The number of aromatic nitrogens is 1. The molecule has 2 aromatic carbocycles. The predicted molar refractivity (Wildman–Crippen MR) is 127 cm³/mol. The average molecular weight is 464 g/mol. The number of hydrogen-bond acceptors (Lipinski definition) is 5. The SMILES string of the molecule is Cc1cc(C2=C(N=Nc3cccc(Cl)c3F)OCC(COCc3ccccc3)=C2)cc(C)n1. The van der Waals surface area contributed by atoms with Crippen molar-refractivity contribution in [1.82, 2.24) is 4.98 Å². The summed E-state index contributed by atoms with van der Waals surface area (Å²) in [6.07, 6.45) is 1.99. The number of hydrogen-bond donors (Lipinski definition) is 0. The lowest BCUT2D eigenvalue weighted by molar-refractivity contribution is 0.127. The van der Waals surface area contributed by atoms with Crippen molar-refractivity contribution in [2.45, 2.75) is 20.5 Å². The number of aryl methyl sites for hydroxylation is 2. The summed E-state index contributed by atoms with van der Waals surface area (Å²) in [4.78, 5) is 4.44. The molecule has 0 amide bonds. The lowest BCUT2D eigenvalue weighted by Gasteiger charge is -2.19. The molecule has 1 aromatic heterocycles. The molecular formula is C26H23ClFN3O2.